The molecule has 0 spiro atoms. The van der Waals surface area contributed by atoms with Gasteiger partial charge in [0.2, 0.25) is 0 Å². The van der Waals surface area contributed by atoms with Crippen molar-refractivity contribution in [3.05, 3.63) is 33.3 Å². The van der Waals surface area contributed by atoms with Gasteiger partial charge >= 0.3 is 0 Å². The van der Waals surface area contributed by atoms with Gasteiger partial charge in [0.25, 0.3) is 0 Å². The molecular formula is C10H12BrClN2. The van der Waals surface area contributed by atoms with Crippen molar-refractivity contribution in [3.63, 3.8) is 0 Å². The number of nitrogens with two attached hydrogens (primary N) is 1. The lowest BCUT2D eigenvalue weighted by atomic mass is 10.0. The molecule has 0 amide bonds. The van der Waals surface area contributed by atoms with Crippen molar-refractivity contribution in [1.29, 1.82) is 0 Å². The molecule has 76 valence electrons. The van der Waals surface area contributed by atoms with Crippen LogP contribution in [0.15, 0.2) is 22.7 Å². The predicted octanol–water partition coefficient (Wildman–Crippen LogP) is 3.02. The summed E-state index contributed by atoms with van der Waals surface area (Å²) < 4.78 is 1.00. The van der Waals surface area contributed by atoms with Gasteiger partial charge in [-0.25, -0.2) is 0 Å². The summed E-state index contributed by atoms with van der Waals surface area (Å²) in [5.41, 5.74) is 4.02. The van der Waals surface area contributed by atoms with Gasteiger partial charge in [0, 0.05) is 15.5 Å². The molecule has 1 aliphatic rings. The second-order valence-corrected chi connectivity index (χ2v) is 5.04. The van der Waals surface area contributed by atoms with Crippen LogP contribution in [0.1, 0.15) is 24.4 Å². The van der Waals surface area contributed by atoms with Crippen LogP contribution in [0, 0.1) is 5.92 Å². The summed E-state index contributed by atoms with van der Waals surface area (Å²) in [4.78, 5) is 0. The molecular weight excluding hydrogens is 263 g/mol. The fourth-order valence-corrected chi connectivity index (χ4v) is 2.58. The molecule has 4 heteroatoms. The lowest BCUT2D eigenvalue weighted by Gasteiger charge is -2.15. The minimum atomic E-state index is 0.241. The van der Waals surface area contributed by atoms with E-state index in [9.17, 15) is 0 Å². The second-order valence-electron chi connectivity index (χ2n) is 3.68. The van der Waals surface area contributed by atoms with Gasteiger partial charge < -0.3 is 0 Å². The summed E-state index contributed by atoms with van der Waals surface area (Å²) in [6, 6.07) is 6.15. The van der Waals surface area contributed by atoms with Crippen LogP contribution < -0.4 is 11.3 Å². The van der Waals surface area contributed by atoms with Gasteiger partial charge in [0.05, 0.1) is 0 Å². The van der Waals surface area contributed by atoms with Gasteiger partial charge in [-0.3, -0.25) is 11.3 Å². The number of benzene rings is 1. The molecule has 0 bridgehead atoms. The Balaban J connectivity index is 2.28. The van der Waals surface area contributed by atoms with Crippen molar-refractivity contribution in [2.45, 2.75) is 18.9 Å². The Hall–Kier alpha value is -0.0900. The first-order valence-corrected chi connectivity index (χ1v) is 5.80. The monoisotopic (exact) mass is 274 g/mol. The number of hydrogen-bond donors (Lipinski definition) is 2. The maximum Gasteiger partial charge on any atom is 0.0489 e. The fourth-order valence-electron chi connectivity index (χ4n) is 1.69. The maximum atomic E-state index is 5.98. The number of rotatable bonds is 3. The fraction of sp³-hybridized carbons (Fsp3) is 0.400. The summed E-state index contributed by atoms with van der Waals surface area (Å²) in [6.07, 6.45) is 2.50. The SMILES string of the molecule is NNC(c1cc(Cl)cc(Br)c1)C1CC1. The highest BCUT2D eigenvalue weighted by Gasteiger charge is 2.31. The molecule has 1 atom stereocenters. The normalized spacial score (nSPS) is 18.2. The summed E-state index contributed by atoms with van der Waals surface area (Å²) in [7, 11) is 0. The predicted molar refractivity (Wildman–Crippen MR) is 61.9 cm³/mol. The molecule has 1 aliphatic carbocycles. The van der Waals surface area contributed by atoms with Crippen LogP contribution in [0.5, 0.6) is 0 Å². The molecule has 0 radical (unpaired) electrons. The molecule has 1 unspecified atom stereocenters. The molecule has 0 aromatic heterocycles. The van der Waals surface area contributed by atoms with E-state index in [4.69, 9.17) is 17.4 Å². The average Bonchev–Trinajstić information content (AvgIpc) is 2.87. The van der Waals surface area contributed by atoms with Gasteiger partial charge in [-0.1, -0.05) is 27.5 Å². The van der Waals surface area contributed by atoms with E-state index in [2.05, 4.69) is 27.4 Å². The number of halogens is 2. The third-order valence-electron chi connectivity index (χ3n) is 2.52. The maximum absolute atomic E-state index is 5.98. The molecule has 0 saturated heterocycles. The zero-order valence-electron chi connectivity index (χ0n) is 7.63. The van der Waals surface area contributed by atoms with Crippen LogP contribution in [0.3, 0.4) is 0 Å². The molecule has 0 aliphatic heterocycles. The number of hydrogen-bond acceptors (Lipinski definition) is 2. The summed E-state index contributed by atoms with van der Waals surface area (Å²) in [6.45, 7) is 0. The van der Waals surface area contributed by atoms with Gasteiger partial charge in [0.15, 0.2) is 0 Å². The molecule has 1 saturated carbocycles. The third-order valence-corrected chi connectivity index (χ3v) is 3.19. The Morgan fingerprint density at radius 1 is 1.43 bits per heavy atom. The van der Waals surface area contributed by atoms with Crippen LogP contribution in [-0.2, 0) is 0 Å². The van der Waals surface area contributed by atoms with Crippen molar-refractivity contribution >= 4 is 27.5 Å². The van der Waals surface area contributed by atoms with Crippen molar-refractivity contribution in [2.75, 3.05) is 0 Å². The number of nitrogens with one attached hydrogen (secondary N) is 1. The smallest absolute Gasteiger partial charge is 0.0489 e. The van der Waals surface area contributed by atoms with Crippen LogP contribution in [-0.4, -0.2) is 0 Å². The van der Waals surface area contributed by atoms with E-state index in [-0.39, 0.29) is 6.04 Å². The molecule has 2 rings (SSSR count). The highest BCUT2D eigenvalue weighted by Crippen LogP contribution is 2.41. The summed E-state index contributed by atoms with van der Waals surface area (Å²) >= 11 is 9.40. The molecule has 3 N–H and O–H groups in total. The van der Waals surface area contributed by atoms with Gasteiger partial charge in [0.1, 0.15) is 0 Å². The Labute approximate surface area is 96.9 Å². The summed E-state index contributed by atoms with van der Waals surface area (Å²) in [5.74, 6) is 6.21. The first-order chi connectivity index (χ1) is 6.70. The van der Waals surface area contributed by atoms with E-state index < -0.39 is 0 Å². The Bertz CT molecular complexity index is 319. The van der Waals surface area contributed by atoms with Crippen molar-refractivity contribution < 1.29 is 0 Å². The van der Waals surface area contributed by atoms with Crippen molar-refractivity contribution in [1.82, 2.24) is 5.43 Å². The average molecular weight is 276 g/mol. The van der Waals surface area contributed by atoms with Gasteiger partial charge in [-0.2, -0.15) is 0 Å². The Morgan fingerprint density at radius 2 is 2.14 bits per heavy atom. The molecule has 1 aromatic rings. The lowest BCUT2D eigenvalue weighted by Crippen LogP contribution is -2.29. The van der Waals surface area contributed by atoms with E-state index in [0.29, 0.717) is 5.92 Å². The van der Waals surface area contributed by atoms with Gasteiger partial charge in [-0.15, -0.1) is 0 Å². The molecule has 14 heavy (non-hydrogen) atoms. The standard InChI is InChI=1S/C10H12BrClN2/c11-8-3-7(4-9(12)5-8)10(14-13)6-1-2-6/h3-6,10,14H,1-2,13H2. The topological polar surface area (TPSA) is 38.0 Å². The largest absolute Gasteiger partial charge is 0.271 e. The first-order valence-electron chi connectivity index (χ1n) is 4.63. The van der Waals surface area contributed by atoms with Crippen molar-refractivity contribution in [2.24, 2.45) is 11.8 Å². The second kappa shape index (κ2) is 4.19. The zero-order valence-corrected chi connectivity index (χ0v) is 9.98. The van der Waals surface area contributed by atoms with E-state index in [0.717, 1.165) is 15.1 Å². The van der Waals surface area contributed by atoms with Crippen LogP contribution in [0.2, 0.25) is 5.02 Å². The molecule has 0 heterocycles. The van der Waals surface area contributed by atoms with E-state index in [1.165, 1.54) is 12.8 Å². The third kappa shape index (κ3) is 2.28. The van der Waals surface area contributed by atoms with Crippen LogP contribution >= 0.6 is 27.5 Å². The van der Waals surface area contributed by atoms with E-state index >= 15 is 0 Å². The lowest BCUT2D eigenvalue weighted by molar-refractivity contribution is 0.496. The summed E-state index contributed by atoms with van der Waals surface area (Å²) in [5, 5.41) is 0.746. The Kier molecular flexibility index (Phi) is 3.12. The zero-order chi connectivity index (χ0) is 10.1. The van der Waals surface area contributed by atoms with Gasteiger partial charge in [-0.05, 0) is 42.5 Å². The first kappa shape index (κ1) is 10.4. The minimum Gasteiger partial charge on any atom is -0.271 e. The molecule has 2 nitrogen and oxygen atoms in total. The quantitative estimate of drug-likeness (QED) is 0.657. The van der Waals surface area contributed by atoms with Crippen molar-refractivity contribution in [3.8, 4) is 0 Å². The Morgan fingerprint density at radius 3 is 2.64 bits per heavy atom. The van der Waals surface area contributed by atoms with E-state index in [1.807, 2.05) is 12.1 Å². The highest BCUT2D eigenvalue weighted by atomic mass is 79.9. The van der Waals surface area contributed by atoms with Crippen LogP contribution in [0.4, 0.5) is 0 Å². The van der Waals surface area contributed by atoms with E-state index in [1.54, 1.807) is 0 Å². The molecule has 1 fully saturated rings. The number of hydrazine groups is 1. The highest BCUT2D eigenvalue weighted by molar-refractivity contribution is 9.10. The minimum absolute atomic E-state index is 0.241. The van der Waals surface area contributed by atoms with Crippen LogP contribution in [0.25, 0.3) is 0 Å². The molecule has 1 aromatic carbocycles.